The van der Waals surface area contributed by atoms with Crippen molar-refractivity contribution < 1.29 is 87.2 Å². The highest BCUT2D eigenvalue weighted by Gasteiger charge is 2.41. The van der Waals surface area contributed by atoms with Gasteiger partial charge in [-0.3, -0.25) is 72.1 Å². The number of carbonyl (C=O) groups excluding carboxylic acids is 14. The number of phenols is 1. The monoisotopic (exact) mass is 1450 g/mol. The Kier molecular flexibility index (Phi) is 36.1. The van der Waals surface area contributed by atoms with Crippen LogP contribution in [0.4, 0.5) is 0 Å². The number of likely N-dealkylation sites (tertiary alicyclic amines) is 1. The molecule has 2 aromatic rings. The van der Waals surface area contributed by atoms with Crippen molar-refractivity contribution >= 4 is 145 Å². The van der Waals surface area contributed by atoms with E-state index in [2.05, 4.69) is 124 Å². The molecule has 0 saturated carbocycles. The Morgan fingerprint density at radius 2 is 1.08 bits per heavy atom. The number of thiol groups is 4. The number of aliphatic carboxylic acids is 1. The van der Waals surface area contributed by atoms with Gasteiger partial charge in [-0.15, -0.1) is 0 Å². The number of imidazole rings is 1. The van der Waals surface area contributed by atoms with E-state index in [0.717, 1.165) is 0 Å². The maximum Gasteiger partial charge on any atom is 0.327 e. The fourth-order valence-electron chi connectivity index (χ4n) is 9.24. The molecule has 1 aromatic carbocycles. The first-order valence-electron chi connectivity index (χ1n) is 30.4. The van der Waals surface area contributed by atoms with Gasteiger partial charge in [0.15, 0.2) is 5.96 Å². The number of carboxylic acids is 1. The van der Waals surface area contributed by atoms with E-state index < -0.39 is 200 Å². The first-order chi connectivity index (χ1) is 46.4. The van der Waals surface area contributed by atoms with Crippen molar-refractivity contribution in [3.8, 4) is 5.75 Å². The third-order valence-electron chi connectivity index (χ3n) is 14.6. The van der Waals surface area contributed by atoms with E-state index in [4.69, 9.17) is 28.7 Å². The van der Waals surface area contributed by atoms with E-state index in [1.54, 1.807) is 0 Å². The molecule has 42 heteroatoms. The third-order valence-corrected chi connectivity index (χ3v) is 16.1. The minimum absolute atomic E-state index is 0.0308. The first kappa shape index (κ1) is 83.1. The smallest absolute Gasteiger partial charge is 0.327 e. The molecule has 1 saturated heterocycles. The molecule has 0 bridgehead atoms. The third kappa shape index (κ3) is 28.5. The Labute approximate surface area is 583 Å². The molecule has 1 fully saturated rings. The molecule has 98 heavy (non-hydrogen) atoms. The summed E-state index contributed by atoms with van der Waals surface area (Å²) in [7, 11) is 0. The zero-order valence-electron chi connectivity index (χ0n) is 53.1. The molecule has 0 spiro atoms. The van der Waals surface area contributed by atoms with Crippen LogP contribution in [0.2, 0.25) is 0 Å². The van der Waals surface area contributed by atoms with Crippen molar-refractivity contribution in [2.24, 2.45) is 33.7 Å². The second kappa shape index (κ2) is 42.5. The molecule has 2 heterocycles. The van der Waals surface area contributed by atoms with Crippen LogP contribution in [-0.2, 0) is 84.8 Å². The number of nitrogens with one attached hydrogen (secondary N) is 12. The van der Waals surface area contributed by atoms with E-state index in [0.29, 0.717) is 24.1 Å². The van der Waals surface area contributed by atoms with E-state index >= 15 is 0 Å². The van der Waals surface area contributed by atoms with Gasteiger partial charge in [0.05, 0.1) is 25.5 Å². The van der Waals surface area contributed by atoms with Crippen LogP contribution >= 0.6 is 50.5 Å². The Balaban J connectivity index is 1.71. The lowest BCUT2D eigenvalue weighted by atomic mass is 10.0. The van der Waals surface area contributed by atoms with Crippen LogP contribution in [0, 0.1) is 0 Å². The fourth-order valence-corrected chi connectivity index (χ4v) is 10.3. The molecular formula is C56H86N20O18S4. The molecule has 12 atom stereocenters. The maximum atomic E-state index is 14.4. The molecule has 14 amide bonds. The molecule has 0 aliphatic carbocycles. The van der Waals surface area contributed by atoms with Gasteiger partial charge in [0.1, 0.15) is 72.2 Å². The number of carboxylic acid groups (broad SMARTS) is 1. The Morgan fingerprint density at radius 1 is 0.602 bits per heavy atom. The van der Waals surface area contributed by atoms with Crippen LogP contribution in [-0.4, -0.2) is 247 Å². The van der Waals surface area contributed by atoms with Crippen LogP contribution in [0.3, 0.4) is 0 Å². The van der Waals surface area contributed by atoms with Gasteiger partial charge in [0, 0.05) is 73.7 Å². The van der Waals surface area contributed by atoms with Crippen molar-refractivity contribution in [2.45, 2.75) is 144 Å². The van der Waals surface area contributed by atoms with Gasteiger partial charge >= 0.3 is 5.97 Å². The number of rotatable bonds is 43. The maximum absolute atomic E-state index is 14.4. The van der Waals surface area contributed by atoms with Gasteiger partial charge < -0.3 is 112 Å². The Hall–Kier alpha value is -9.13. The van der Waals surface area contributed by atoms with Gasteiger partial charge in [-0.1, -0.05) is 12.1 Å². The molecule has 1 aromatic heterocycles. The summed E-state index contributed by atoms with van der Waals surface area (Å²) in [6.07, 6.45) is 1.01. The quantitative estimate of drug-likeness (QED) is 0.0127. The molecule has 1 aliphatic rings. The highest BCUT2D eigenvalue weighted by Crippen LogP contribution is 2.21. The first-order valence-corrected chi connectivity index (χ1v) is 32.9. The summed E-state index contributed by atoms with van der Waals surface area (Å²) in [6.45, 7) is -0.434. The molecule has 0 radical (unpaired) electrons. The van der Waals surface area contributed by atoms with Gasteiger partial charge in [0.25, 0.3) is 0 Å². The van der Waals surface area contributed by atoms with Gasteiger partial charge in [-0.25, -0.2) is 9.78 Å². The number of aliphatic hydroxyl groups excluding tert-OH is 1. The summed E-state index contributed by atoms with van der Waals surface area (Å²) in [6, 6.07) is -12.2. The summed E-state index contributed by atoms with van der Waals surface area (Å²) in [4.78, 5) is 211. The number of nitrogens with two attached hydrogens (primary N) is 5. The number of hydrogen-bond donors (Lipinski definition) is 24. The highest BCUT2D eigenvalue weighted by atomic mass is 32.1. The number of benzene rings is 1. The lowest BCUT2D eigenvalue weighted by Gasteiger charge is -2.30. The highest BCUT2D eigenvalue weighted by molar-refractivity contribution is 7.80. The van der Waals surface area contributed by atoms with Crippen LogP contribution in [0.5, 0.6) is 5.75 Å². The number of aromatic hydroxyl groups is 1. The molecule has 1 aliphatic heterocycles. The predicted molar refractivity (Wildman–Crippen MR) is 362 cm³/mol. The van der Waals surface area contributed by atoms with E-state index in [-0.39, 0.29) is 73.5 Å². The van der Waals surface area contributed by atoms with E-state index in [1.807, 2.05) is 0 Å². The fraction of sp³-hybridized carbons (Fsp3) is 0.554. The zero-order valence-corrected chi connectivity index (χ0v) is 56.7. The summed E-state index contributed by atoms with van der Waals surface area (Å²) >= 11 is 16.4. The summed E-state index contributed by atoms with van der Waals surface area (Å²) < 4.78 is 0. The van der Waals surface area contributed by atoms with Crippen LogP contribution in [0.25, 0.3) is 0 Å². The van der Waals surface area contributed by atoms with Crippen LogP contribution in [0.15, 0.2) is 41.8 Å². The largest absolute Gasteiger partial charge is 0.508 e. The van der Waals surface area contributed by atoms with Crippen molar-refractivity contribution in [3.63, 3.8) is 0 Å². The number of H-pyrrole nitrogens is 1. The number of phenolic OH excluding ortho intramolecular Hbond substituents is 1. The number of amides is 14. The lowest BCUT2D eigenvalue weighted by Crippen LogP contribution is -2.60. The summed E-state index contributed by atoms with van der Waals surface area (Å²) in [5.74, 6) is -16.4. The topological polar surface area (TPSA) is 623 Å². The minimum atomic E-state index is -1.77. The van der Waals surface area contributed by atoms with Crippen LogP contribution < -0.4 is 87.2 Å². The number of aliphatic hydroxyl groups is 1. The number of aromatic amines is 1. The van der Waals surface area contributed by atoms with E-state index in [9.17, 15) is 87.2 Å². The predicted octanol–water partition coefficient (Wildman–Crippen LogP) is -9.42. The average molecular weight is 1460 g/mol. The van der Waals surface area contributed by atoms with E-state index in [1.165, 1.54) is 48.6 Å². The zero-order chi connectivity index (χ0) is 73.3. The standard InChI is InChI=1S/C56H86N20O18S4/c1-26(66-53(91)40-5-3-15-76(40)54(92)34(17-28-18-62-25-65-28)70-51(89)38(23-97)74-52(90)37(22-96)73-45(83)30(57)4-2-14-63-56(60)61)44(82)72-36(21-95)46(84)64-19-43(81)67-31(10-12-41(58)79)47(85)68-32(11-13-42(59)80)48(86)69-33(16-27-6-8-29(78)9-7-27)49(87)71-35(20-77)50(88)75-39(24-98)55(93)94/h6-9,18,25-26,30-40,77-78,95-98H,2-5,10-17,19-24,57H2,1H3,(H2,58,79)(H2,59,80)(H,62,65)(H,64,84)(H,66,91)(H,67,81)(H,68,85)(H,69,86)(H,70,89)(H,71,87)(H,72,82)(H,73,83)(H,74,90)(H,75,88)(H,93,94)(H4,60,61,63)/t26-,30-,31-,32-,33-,34-,35-,36-,37-,38-,39-,40-/m0/s1. The number of nitrogens with zero attached hydrogens (tertiary/aromatic N) is 3. The average Bonchev–Trinajstić information content (AvgIpc) is 1.62. The molecule has 0 unspecified atom stereocenters. The lowest BCUT2D eigenvalue weighted by molar-refractivity contribution is -0.142. The number of aromatic nitrogens is 2. The molecule has 542 valence electrons. The molecule has 38 nitrogen and oxygen atoms in total. The van der Waals surface area contributed by atoms with Crippen molar-refractivity contribution in [1.82, 2.24) is 73.4 Å². The van der Waals surface area contributed by atoms with Crippen molar-refractivity contribution in [1.29, 1.82) is 0 Å². The number of aliphatic imine (C=N–C) groups is 1. The number of guanidine groups is 1. The summed E-state index contributed by atoms with van der Waals surface area (Å²) in [5, 5.41) is 55.3. The van der Waals surface area contributed by atoms with Gasteiger partial charge in [0.2, 0.25) is 82.7 Å². The van der Waals surface area contributed by atoms with Crippen molar-refractivity contribution in [2.75, 3.05) is 49.3 Å². The number of hydrogen-bond acceptors (Lipinski definition) is 24. The minimum Gasteiger partial charge on any atom is -0.508 e. The van der Waals surface area contributed by atoms with Crippen molar-refractivity contribution in [3.05, 3.63) is 48.0 Å². The molecular weight excluding hydrogens is 1370 g/mol. The summed E-state index contributed by atoms with van der Waals surface area (Å²) in [5.41, 5.74) is 28.1. The molecule has 25 N–H and O–H groups in total. The SMILES string of the molecule is C[C@H](NC(=O)[C@@H]1CCCN1C(=O)[C@H](Cc1cnc[nH]1)NC(=O)[C@H](CS)NC(=O)[C@H](CS)NC(=O)[C@@H](N)CCCN=C(N)N)C(=O)N[C@@H](CS)C(=O)NCC(=O)N[C@@H](CCC(N)=O)C(=O)N[C@@H](CCC(N)=O)C(=O)N[C@@H](Cc1ccc(O)cc1)C(=O)N[C@@H](CO)C(=O)N[C@@H](CS)C(=O)O. The molecule has 3 rings (SSSR count). The second-order valence-electron chi connectivity index (χ2n) is 22.2. The Bertz CT molecular complexity index is 3150. The Morgan fingerprint density at radius 3 is 1.61 bits per heavy atom. The van der Waals surface area contributed by atoms with Gasteiger partial charge in [-0.2, -0.15) is 50.5 Å². The normalized spacial score (nSPS) is 15.9. The number of primary amides is 2. The number of carbonyl (C=O) groups is 15. The second-order valence-corrected chi connectivity index (χ2v) is 23.7. The van der Waals surface area contributed by atoms with Crippen LogP contribution in [0.1, 0.15) is 69.5 Å². The van der Waals surface area contributed by atoms with Gasteiger partial charge in [-0.05, 0) is 63.1 Å².